The monoisotopic (exact) mass is 269 g/mol. The lowest BCUT2D eigenvalue weighted by molar-refractivity contribution is 0.379. The molecule has 2 aromatic heterocycles. The van der Waals surface area contributed by atoms with E-state index in [1.54, 1.807) is 4.90 Å². The van der Waals surface area contributed by atoms with E-state index in [0.717, 1.165) is 0 Å². The maximum absolute atomic E-state index is 5.80. The second-order valence-corrected chi connectivity index (χ2v) is 3.97. The molecule has 2 rings (SSSR count). The van der Waals surface area contributed by atoms with Crippen LogP contribution in [0, 0.1) is 0 Å². The molecular weight excluding hydrogens is 258 g/mol. The van der Waals surface area contributed by atoms with Gasteiger partial charge in [-0.15, -0.1) is 0 Å². The highest BCUT2D eigenvalue weighted by molar-refractivity contribution is 6.28. The van der Waals surface area contributed by atoms with Crippen LogP contribution in [0.4, 0.5) is 11.9 Å². The van der Waals surface area contributed by atoms with E-state index in [1.165, 1.54) is 6.33 Å². The number of nitrogens with zero attached hydrogens (tertiary/aromatic N) is 6. The Labute approximate surface area is 108 Å². The molecule has 18 heavy (non-hydrogen) atoms. The average molecular weight is 270 g/mol. The summed E-state index contributed by atoms with van der Waals surface area (Å²) >= 11 is 5.80. The van der Waals surface area contributed by atoms with Gasteiger partial charge in [0.05, 0.1) is 0 Å². The lowest BCUT2D eigenvalue weighted by Crippen LogP contribution is -2.16. The first-order chi connectivity index (χ1) is 8.65. The van der Waals surface area contributed by atoms with E-state index in [9.17, 15) is 0 Å². The first-order valence-electron chi connectivity index (χ1n) is 5.23. The van der Waals surface area contributed by atoms with E-state index in [4.69, 9.17) is 16.1 Å². The number of hydrogen-bond acceptors (Lipinski definition) is 8. The molecule has 0 spiro atoms. The molecule has 9 heteroatoms. The molecular formula is C9H12ClN7O. The summed E-state index contributed by atoms with van der Waals surface area (Å²) < 4.78 is 4.87. The molecule has 2 aromatic rings. The molecule has 0 atom stereocenters. The Morgan fingerprint density at radius 3 is 2.83 bits per heavy atom. The highest BCUT2D eigenvalue weighted by atomic mass is 35.5. The quantitative estimate of drug-likeness (QED) is 0.845. The largest absolute Gasteiger partial charge is 0.354 e. The summed E-state index contributed by atoms with van der Waals surface area (Å²) in [5.74, 6) is 1.46. The summed E-state index contributed by atoms with van der Waals surface area (Å²) in [7, 11) is 3.65. The Morgan fingerprint density at radius 1 is 1.33 bits per heavy atom. The lowest BCUT2D eigenvalue weighted by atomic mass is 10.4. The molecule has 2 heterocycles. The van der Waals surface area contributed by atoms with Crippen LogP contribution in [0.1, 0.15) is 5.89 Å². The van der Waals surface area contributed by atoms with Crippen molar-refractivity contribution in [3.05, 3.63) is 17.5 Å². The van der Waals surface area contributed by atoms with Crippen molar-refractivity contribution >= 4 is 23.5 Å². The van der Waals surface area contributed by atoms with Gasteiger partial charge in [0.1, 0.15) is 0 Å². The van der Waals surface area contributed by atoms with Crippen LogP contribution in [0.3, 0.4) is 0 Å². The van der Waals surface area contributed by atoms with Gasteiger partial charge in [-0.25, -0.2) is 0 Å². The summed E-state index contributed by atoms with van der Waals surface area (Å²) in [6, 6.07) is 0. The zero-order chi connectivity index (χ0) is 13.0. The van der Waals surface area contributed by atoms with Gasteiger partial charge in [-0.1, -0.05) is 5.16 Å². The second kappa shape index (κ2) is 5.58. The third-order valence-electron chi connectivity index (χ3n) is 2.03. The van der Waals surface area contributed by atoms with Gasteiger partial charge in [-0.2, -0.15) is 19.9 Å². The molecule has 0 saturated heterocycles. The maximum Gasteiger partial charge on any atom is 0.230 e. The SMILES string of the molecule is CN(C)c1nc(Cl)nc(NCCc2ncno2)n1. The lowest BCUT2D eigenvalue weighted by Gasteiger charge is -2.11. The van der Waals surface area contributed by atoms with Crippen LogP contribution >= 0.6 is 11.6 Å². The van der Waals surface area contributed by atoms with Gasteiger partial charge in [0.25, 0.3) is 0 Å². The van der Waals surface area contributed by atoms with Crippen LogP contribution in [0.15, 0.2) is 10.9 Å². The smallest absolute Gasteiger partial charge is 0.230 e. The van der Waals surface area contributed by atoms with E-state index in [2.05, 4.69) is 30.4 Å². The molecule has 0 saturated carbocycles. The molecule has 0 fully saturated rings. The normalized spacial score (nSPS) is 10.4. The standard InChI is InChI=1S/C9H12ClN7O/c1-17(2)9-15-7(10)14-8(16-9)11-4-3-6-12-5-13-18-6/h5H,3-4H2,1-2H3,(H,11,14,15,16). The molecule has 0 radical (unpaired) electrons. The number of hydrogen-bond donors (Lipinski definition) is 1. The van der Waals surface area contributed by atoms with Crippen LogP contribution < -0.4 is 10.2 Å². The minimum Gasteiger partial charge on any atom is -0.354 e. The second-order valence-electron chi connectivity index (χ2n) is 3.63. The number of nitrogens with one attached hydrogen (secondary N) is 1. The summed E-state index contributed by atoms with van der Waals surface area (Å²) in [6.07, 6.45) is 1.94. The highest BCUT2D eigenvalue weighted by Crippen LogP contribution is 2.11. The number of rotatable bonds is 5. The van der Waals surface area contributed by atoms with Crippen molar-refractivity contribution < 1.29 is 4.52 Å². The van der Waals surface area contributed by atoms with Gasteiger partial charge in [-0.3, -0.25) is 0 Å². The molecule has 8 nitrogen and oxygen atoms in total. The van der Waals surface area contributed by atoms with Gasteiger partial charge >= 0.3 is 0 Å². The maximum atomic E-state index is 5.80. The zero-order valence-electron chi connectivity index (χ0n) is 9.96. The van der Waals surface area contributed by atoms with Crippen molar-refractivity contribution in [1.29, 1.82) is 0 Å². The number of aromatic nitrogens is 5. The summed E-state index contributed by atoms with van der Waals surface area (Å²) in [5.41, 5.74) is 0. The summed E-state index contributed by atoms with van der Waals surface area (Å²) in [6.45, 7) is 0.565. The van der Waals surface area contributed by atoms with Gasteiger partial charge in [-0.05, 0) is 11.6 Å². The Kier molecular flexibility index (Phi) is 3.88. The Balaban J connectivity index is 1.96. The van der Waals surface area contributed by atoms with Crippen molar-refractivity contribution in [1.82, 2.24) is 25.1 Å². The Morgan fingerprint density at radius 2 is 2.17 bits per heavy atom. The fourth-order valence-corrected chi connectivity index (χ4v) is 1.36. The number of halogens is 1. The topological polar surface area (TPSA) is 92.9 Å². The van der Waals surface area contributed by atoms with Gasteiger partial charge in [0.2, 0.25) is 23.1 Å². The fourth-order valence-electron chi connectivity index (χ4n) is 1.21. The molecule has 0 aromatic carbocycles. The zero-order valence-corrected chi connectivity index (χ0v) is 10.7. The van der Waals surface area contributed by atoms with E-state index in [-0.39, 0.29) is 5.28 Å². The molecule has 0 aliphatic heterocycles. The van der Waals surface area contributed by atoms with Crippen molar-refractivity contribution in [3.8, 4) is 0 Å². The predicted molar refractivity (Wildman–Crippen MR) is 65.7 cm³/mol. The van der Waals surface area contributed by atoms with Crippen LogP contribution in [0.5, 0.6) is 0 Å². The Bertz CT molecular complexity index is 502. The average Bonchev–Trinajstić information content (AvgIpc) is 2.81. The molecule has 0 aliphatic carbocycles. The van der Waals surface area contributed by atoms with Gasteiger partial charge in [0, 0.05) is 27.1 Å². The highest BCUT2D eigenvalue weighted by Gasteiger charge is 2.06. The van der Waals surface area contributed by atoms with Gasteiger partial charge in [0.15, 0.2) is 6.33 Å². The molecule has 96 valence electrons. The molecule has 0 unspecified atom stereocenters. The van der Waals surface area contributed by atoms with Crippen molar-refractivity contribution in [3.63, 3.8) is 0 Å². The van der Waals surface area contributed by atoms with E-state index in [0.29, 0.717) is 30.8 Å². The van der Waals surface area contributed by atoms with Crippen molar-refractivity contribution in [2.45, 2.75) is 6.42 Å². The minimum absolute atomic E-state index is 0.147. The molecule has 1 N–H and O–H groups in total. The van der Waals surface area contributed by atoms with Crippen LogP contribution in [-0.4, -0.2) is 45.7 Å². The third kappa shape index (κ3) is 3.27. The summed E-state index contributed by atoms with van der Waals surface area (Å²) in [5, 5.41) is 6.68. The Hall–Kier alpha value is -1.96. The van der Waals surface area contributed by atoms with Crippen LogP contribution in [0.25, 0.3) is 0 Å². The predicted octanol–water partition coefficient (Wildman–Crippen LogP) is 0.629. The van der Waals surface area contributed by atoms with E-state index in [1.807, 2.05) is 14.1 Å². The molecule has 0 amide bonds. The first kappa shape index (κ1) is 12.5. The third-order valence-corrected chi connectivity index (χ3v) is 2.19. The molecule has 0 aliphatic rings. The fraction of sp³-hybridized carbons (Fsp3) is 0.444. The summed E-state index contributed by atoms with van der Waals surface area (Å²) in [4.78, 5) is 17.8. The van der Waals surface area contributed by atoms with Crippen molar-refractivity contribution in [2.24, 2.45) is 0 Å². The van der Waals surface area contributed by atoms with Crippen LogP contribution in [-0.2, 0) is 6.42 Å². The molecule has 0 bridgehead atoms. The van der Waals surface area contributed by atoms with E-state index >= 15 is 0 Å². The van der Waals surface area contributed by atoms with Gasteiger partial charge < -0.3 is 14.7 Å². The first-order valence-corrected chi connectivity index (χ1v) is 5.61. The number of anilines is 2. The van der Waals surface area contributed by atoms with Crippen LogP contribution in [0.2, 0.25) is 5.28 Å². The van der Waals surface area contributed by atoms with Crippen molar-refractivity contribution in [2.75, 3.05) is 30.9 Å². The van der Waals surface area contributed by atoms with E-state index < -0.39 is 0 Å². The minimum atomic E-state index is 0.147.